The zero-order valence-electron chi connectivity index (χ0n) is 8.65. The monoisotopic (exact) mass is 217 g/mol. The standard InChI is InChI=1S/C12H11NOS/c1-8-12(15-7-13-8)11-5-3-10(4-6-11)9(2)14/h3-7H,1-2H3. The number of Topliss-reactive ketones (excluding diaryl/α,β-unsaturated/α-hetero) is 1. The highest BCUT2D eigenvalue weighted by atomic mass is 32.1. The molecule has 2 aromatic rings. The van der Waals surface area contributed by atoms with Crippen LogP contribution in [0.25, 0.3) is 10.4 Å². The number of thiazole rings is 1. The number of nitrogens with zero attached hydrogens (tertiary/aromatic N) is 1. The molecule has 0 radical (unpaired) electrons. The molecule has 0 spiro atoms. The summed E-state index contributed by atoms with van der Waals surface area (Å²) in [5.74, 6) is 0.0996. The minimum atomic E-state index is 0.0996. The lowest BCUT2D eigenvalue weighted by Gasteiger charge is -2.00. The van der Waals surface area contributed by atoms with Crippen LogP contribution in [0, 0.1) is 6.92 Å². The third-order valence-electron chi connectivity index (χ3n) is 2.30. The molecule has 0 amide bonds. The van der Waals surface area contributed by atoms with Gasteiger partial charge in [0.2, 0.25) is 0 Å². The van der Waals surface area contributed by atoms with Crippen molar-refractivity contribution in [3.63, 3.8) is 0 Å². The van der Waals surface area contributed by atoms with E-state index in [1.54, 1.807) is 18.3 Å². The largest absolute Gasteiger partial charge is 0.295 e. The van der Waals surface area contributed by atoms with Gasteiger partial charge in [-0.3, -0.25) is 4.79 Å². The molecule has 76 valence electrons. The molecule has 0 aliphatic carbocycles. The Morgan fingerprint density at radius 2 is 1.93 bits per heavy atom. The Bertz CT molecular complexity index is 485. The molecule has 1 aromatic carbocycles. The van der Waals surface area contributed by atoms with Crippen molar-refractivity contribution in [1.82, 2.24) is 4.98 Å². The molecule has 0 saturated heterocycles. The highest BCUT2D eigenvalue weighted by Crippen LogP contribution is 2.27. The predicted molar refractivity (Wildman–Crippen MR) is 62.3 cm³/mol. The van der Waals surface area contributed by atoms with E-state index in [9.17, 15) is 4.79 Å². The highest BCUT2D eigenvalue weighted by Gasteiger charge is 2.05. The van der Waals surface area contributed by atoms with Crippen LogP contribution in [0.15, 0.2) is 29.8 Å². The first-order chi connectivity index (χ1) is 7.18. The molecule has 1 aromatic heterocycles. The first-order valence-corrected chi connectivity index (χ1v) is 5.58. The van der Waals surface area contributed by atoms with Gasteiger partial charge in [0, 0.05) is 5.56 Å². The zero-order valence-corrected chi connectivity index (χ0v) is 9.47. The Balaban J connectivity index is 2.40. The summed E-state index contributed by atoms with van der Waals surface area (Å²) in [5.41, 5.74) is 4.75. The third kappa shape index (κ3) is 1.97. The maximum Gasteiger partial charge on any atom is 0.159 e. The number of hydrogen-bond acceptors (Lipinski definition) is 3. The average molecular weight is 217 g/mol. The topological polar surface area (TPSA) is 30.0 Å². The van der Waals surface area contributed by atoms with E-state index in [1.807, 2.05) is 36.7 Å². The van der Waals surface area contributed by atoms with Crippen LogP contribution >= 0.6 is 11.3 Å². The van der Waals surface area contributed by atoms with E-state index >= 15 is 0 Å². The normalized spacial score (nSPS) is 10.3. The SMILES string of the molecule is CC(=O)c1ccc(-c2scnc2C)cc1. The van der Waals surface area contributed by atoms with Crippen molar-refractivity contribution in [3.05, 3.63) is 41.0 Å². The van der Waals surface area contributed by atoms with Crippen LogP contribution < -0.4 is 0 Å². The summed E-state index contributed by atoms with van der Waals surface area (Å²) in [6.07, 6.45) is 0. The molecular formula is C12H11NOS. The molecule has 0 aliphatic rings. The second kappa shape index (κ2) is 3.95. The van der Waals surface area contributed by atoms with Gasteiger partial charge in [0.05, 0.1) is 16.1 Å². The van der Waals surface area contributed by atoms with Crippen molar-refractivity contribution >= 4 is 17.1 Å². The Morgan fingerprint density at radius 1 is 1.27 bits per heavy atom. The molecule has 15 heavy (non-hydrogen) atoms. The molecule has 0 saturated carbocycles. The fourth-order valence-electron chi connectivity index (χ4n) is 1.44. The maximum atomic E-state index is 11.1. The van der Waals surface area contributed by atoms with Crippen LogP contribution in [0.5, 0.6) is 0 Å². The number of carbonyl (C=O) groups excluding carboxylic acids is 1. The summed E-state index contributed by atoms with van der Waals surface area (Å²) >= 11 is 1.62. The molecule has 2 nitrogen and oxygen atoms in total. The molecule has 0 aliphatic heterocycles. The molecule has 3 heteroatoms. The molecule has 0 N–H and O–H groups in total. The summed E-state index contributed by atoms with van der Waals surface area (Å²) in [5, 5.41) is 0. The molecule has 0 atom stereocenters. The van der Waals surface area contributed by atoms with Gasteiger partial charge in [-0.05, 0) is 19.4 Å². The molecule has 0 bridgehead atoms. The van der Waals surface area contributed by atoms with Crippen LogP contribution in [0.3, 0.4) is 0 Å². The first kappa shape index (κ1) is 10.1. The van der Waals surface area contributed by atoms with Crippen molar-refractivity contribution in [3.8, 4) is 10.4 Å². The second-order valence-corrected chi connectivity index (χ2v) is 4.26. The predicted octanol–water partition coefficient (Wildman–Crippen LogP) is 3.32. The highest BCUT2D eigenvalue weighted by molar-refractivity contribution is 7.13. The lowest BCUT2D eigenvalue weighted by atomic mass is 10.1. The van der Waals surface area contributed by atoms with E-state index < -0.39 is 0 Å². The average Bonchev–Trinajstić information content (AvgIpc) is 2.65. The summed E-state index contributed by atoms with van der Waals surface area (Å²) < 4.78 is 0. The molecule has 0 unspecified atom stereocenters. The molecule has 2 rings (SSSR count). The lowest BCUT2D eigenvalue weighted by molar-refractivity contribution is 0.101. The van der Waals surface area contributed by atoms with E-state index in [4.69, 9.17) is 0 Å². The molecule has 0 fully saturated rings. The maximum absolute atomic E-state index is 11.1. The quantitative estimate of drug-likeness (QED) is 0.722. The van der Waals surface area contributed by atoms with Crippen molar-refractivity contribution < 1.29 is 4.79 Å². The fraction of sp³-hybridized carbons (Fsp3) is 0.167. The summed E-state index contributed by atoms with van der Waals surface area (Å²) in [4.78, 5) is 16.5. The van der Waals surface area contributed by atoms with Crippen LogP contribution in [0.1, 0.15) is 23.0 Å². The number of rotatable bonds is 2. The Hall–Kier alpha value is -1.48. The lowest BCUT2D eigenvalue weighted by Crippen LogP contribution is -1.90. The number of hydrogen-bond donors (Lipinski definition) is 0. The van der Waals surface area contributed by atoms with E-state index in [2.05, 4.69) is 4.98 Å². The van der Waals surface area contributed by atoms with E-state index in [1.165, 1.54) is 4.88 Å². The second-order valence-electron chi connectivity index (χ2n) is 3.40. The summed E-state index contributed by atoms with van der Waals surface area (Å²) in [7, 11) is 0. The minimum absolute atomic E-state index is 0.0996. The Labute approximate surface area is 92.6 Å². The van der Waals surface area contributed by atoms with Gasteiger partial charge < -0.3 is 0 Å². The van der Waals surface area contributed by atoms with Crippen LogP contribution in [-0.2, 0) is 0 Å². The van der Waals surface area contributed by atoms with Crippen LogP contribution in [0.2, 0.25) is 0 Å². The van der Waals surface area contributed by atoms with Gasteiger partial charge in [-0.2, -0.15) is 0 Å². The van der Waals surface area contributed by atoms with Crippen LogP contribution in [-0.4, -0.2) is 10.8 Å². The van der Waals surface area contributed by atoms with Gasteiger partial charge in [-0.15, -0.1) is 11.3 Å². The molecule has 1 heterocycles. The van der Waals surface area contributed by atoms with Crippen LogP contribution in [0.4, 0.5) is 0 Å². The van der Waals surface area contributed by atoms with E-state index in [0.29, 0.717) is 0 Å². The Kier molecular flexibility index (Phi) is 2.64. The van der Waals surface area contributed by atoms with Crippen molar-refractivity contribution in [2.24, 2.45) is 0 Å². The van der Waals surface area contributed by atoms with Gasteiger partial charge in [0.25, 0.3) is 0 Å². The number of benzene rings is 1. The number of carbonyl (C=O) groups is 1. The minimum Gasteiger partial charge on any atom is -0.295 e. The number of aromatic nitrogens is 1. The van der Waals surface area contributed by atoms with Crippen molar-refractivity contribution in [1.29, 1.82) is 0 Å². The zero-order chi connectivity index (χ0) is 10.8. The van der Waals surface area contributed by atoms with Gasteiger partial charge in [-0.25, -0.2) is 4.98 Å². The van der Waals surface area contributed by atoms with Gasteiger partial charge >= 0.3 is 0 Å². The van der Waals surface area contributed by atoms with Gasteiger partial charge in [0.15, 0.2) is 5.78 Å². The number of aryl methyl sites for hydroxylation is 1. The van der Waals surface area contributed by atoms with E-state index in [-0.39, 0.29) is 5.78 Å². The third-order valence-corrected chi connectivity index (χ3v) is 3.28. The number of ketones is 1. The fourth-order valence-corrected chi connectivity index (χ4v) is 2.25. The van der Waals surface area contributed by atoms with Gasteiger partial charge in [0.1, 0.15) is 0 Å². The van der Waals surface area contributed by atoms with Crippen molar-refractivity contribution in [2.75, 3.05) is 0 Å². The Morgan fingerprint density at radius 3 is 2.40 bits per heavy atom. The van der Waals surface area contributed by atoms with E-state index in [0.717, 1.165) is 16.8 Å². The molecular weight excluding hydrogens is 206 g/mol. The smallest absolute Gasteiger partial charge is 0.159 e. The van der Waals surface area contributed by atoms with Crippen molar-refractivity contribution in [2.45, 2.75) is 13.8 Å². The summed E-state index contributed by atoms with van der Waals surface area (Å²) in [6, 6.07) is 7.65. The summed E-state index contributed by atoms with van der Waals surface area (Å²) in [6.45, 7) is 3.57. The first-order valence-electron chi connectivity index (χ1n) is 4.70. The van der Waals surface area contributed by atoms with Gasteiger partial charge in [-0.1, -0.05) is 24.3 Å².